The summed E-state index contributed by atoms with van der Waals surface area (Å²) in [5, 5.41) is 3.74. The number of rotatable bonds is 4. The van der Waals surface area contributed by atoms with Gasteiger partial charge in [-0.25, -0.2) is 0 Å². The van der Waals surface area contributed by atoms with Crippen LogP contribution in [0.1, 0.15) is 26.2 Å². The maximum atomic E-state index is 8.43. The summed E-state index contributed by atoms with van der Waals surface area (Å²) in [5.74, 6) is 1.33. The Bertz CT molecular complexity index is 442. The first-order valence-corrected chi connectivity index (χ1v) is 5.96. The minimum atomic E-state index is 0.0153. The van der Waals surface area contributed by atoms with Gasteiger partial charge in [0, 0.05) is 22.4 Å². The molecule has 0 fully saturated rings. The lowest BCUT2D eigenvalue weighted by Crippen LogP contribution is -2.12. The molecule has 4 nitrogen and oxygen atoms in total. The van der Waals surface area contributed by atoms with Gasteiger partial charge in [-0.3, -0.25) is 0 Å². The summed E-state index contributed by atoms with van der Waals surface area (Å²) in [4.78, 5) is 2.86. The Morgan fingerprint density at radius 1 is 1.65 bits per heavy atom. The molecule has 0 radical (unpaired) electrons. The maximum absolute atomic E-state index is 8.43. The molecule has 0 aromatic rings. The van der Waals surface area contributed by atoms with Gasteiger partial charge in [0.05, 0.1) is 7.11 Å². The molecule has 0 heterocycles. The third-order valence-electron chi connectivity index (χ3n) is 3.32. The van der Waals surface area contributed by atoms with Gasteiger partial charge in [-0.2, -0.15) is 0 Å². The Kier molecular flexibility index (Phi) is 3.55. The fourth-order valence-corrected chi connectivity index (χ4v) is 2.58. The zero-order chi connectivity index (χ0) is 12.3. The molecule has 0 bridgehead atoms. The predicted octanol–water partition coefficient (Wildman–Crippen LogP) is 3.88. The number of nitrogens with zero attached hydrogens (tertiary/aromatic N) is 3. The summed E-state index contributed by atoms with van der Waals surface area (Å²) >= 11 is 0. The van der Waals surface area contributed by atoms with Crippen LogP contribution in [0, 0.1) is 5.92 Å². The molecular weight excluding hydrogens is 214 g/mol. The standard InChI is InChI=1S/C13H17N3O/c1-9(15-16-14)8-11-7-6-10-4-3-5-12(17-2)13(10)11/h5-7,9,11H,3-4,8H2,1-2H3/t9-,11?/m1/s1. The average Bonchev–Trinajstić information content (AvgIpc) is 2.73. The zero-order valence-corrected chi connectivity index (χ0v) is 10.3. The lowest BCUT2D eigenvalue weighted by atomic mass is 9.89. The van der Waals surface area contributed by atoms with E-state index in [4.69, 9.17) is 10.3 Å². The zero-order valence-electron chi connectivity index (χ0n) is 10.3. The molecule has 2 atom stereocenters. The van der Waals surface area contributed by atoms with Gasteiger partial charge in [0.2, 0.25) is 0 Å². The van der Waals surface area contributed by atoms with Crippen LogP contribution in [0.5, 0.6) is 0 Å². The number of ether oxygens (including phenoxy) is 1. The van der Waals surface area contributed by atoms with Crippen molar-refractivity contribution in [3.05, 3.63) is 45.6 Å². The van der Waals surface area contributed by atoms with E-state index >= 15 is 0 Å². The van der Waals surface area contributed by atoms with Crippen LogP contribution in [-0.2, 0) is 4.74 Å². The summed E-state index contributed by atoms with van der Waals surface area (Å²) in [5.41, 5.74) is 11.1. The summed E-state index contributed by atoms with van der Waals surface area (Å²) in [6.07, 6.45) is 9.52. The van der Waals surface area contributed by atoms with Gasteiger partial charge in [-0.15, -0.1) is 0 Å². The molecule has 0 aromatic carbocycles. The summed E-state index contributed by atoms with van der Waals surface area (Å²) in [6.45, 7) is 1.95. The second-order valence-corrected chi connectivity index (χ2v) is 4.51. The van der Waals surface area contributed by atoms with Gasteiger partial charge >= 0.3 is 0 Å². The van der Waals surface area contributed by atoms with Crippen molar-refractivity contribution in [1.29, 1.82) is 0 Å². The second kappa shape index (κ2) is 5.11. The Labute approximate surface area is 101 Å². The molecule has 0 spiro atoms. The van der Waals surface area contributed by atoms with Crippen LogP contribution >= 0.6 is 0 Å². The smallest absolute Gasteiger partial charge is 0.118 e. The maximum Gasteiger partial charge on any atom is 0.118 e. The van der Waals surface area contributed by atoms with Gasteiger partial charge in [-0.05, 0) is 36.4 Å². The molecule has 2 aliphatic carbocycles. The van der Waals surface area contributed by atoms with Crippen molar-refractivity contribution in [3.8, 4) is 0 Å². The molecule has 0 N–H and O–H groups in total. The first kappa shape index (κ1) is 11.8. The first-order valence-electron chi connectivity index (χ1n) is 5.96. The monoisotopic (exact) mass is 231 g/mol. The third-order valence-corrected chi connectivity index (χ3v) is 3.32. The Hall–Kier alpha value is -1.67. The van der Waals surface area contributed by atoms with E-state index in [2.05, 4.69) is 28.3 Å². The van der Waals surface area contributed by atoms with Crippen LogP contribution < -0.4 is 0 Å². The minimum Gasteiger partial charge on any atom is -0.497 e. The number of azide groups is 1. The lowest BCUT2D eigenvalue weighted by molar-refractivity contribution is 0.289. The molecule has 2 rings (SSSR count). The van der Waals surface area contributed by atoms with Crippen molar-refractivity contribution in [2.75, 3.05) is 7.11 Å². The highest BCUT2D eigenvalue weighted by Gasteiger charge is 2.27. The summed E-state index contributed by atoms with van der Waals surface area (Å²) in [6, 6.07) is 0.0153. The van der Waals surface area contributed by atoms with E-state index in [0.717, 1.165) is 25.0 Å². The highest BCUT2D eigenvalue weighted by Crippen LogP contribution is 2.39. The lowest BCUT2D eigenvalue weighted by Gasteiger charge is -2.22. The van der Waals surface area contributed by atoms with Crippen molar-refractivity contribution >= 4 is 0 Å². The molecule has 4 heteroatoms. The fraction of sp³-hybridized carbons (Fsp3) is 0.538. The SMILES string of the molecule is COC1=CCCC2=C1C(C[C@@H](C)N=[N+]=[N-])C=C2. The van der Waals surface area contributed by atoms with E-state index in [0.29, 0.717) is 5.92 Å². The van der Waals surface area contributed by atoms with Crippen molar-refractivity contribution in [3.63, 3.8) is 0 Å². The third kappa shape index (κ3) is 2.37. The van der Waals surface area contributed by atoms with E-state index in [1.807, 2.05) is 6.92 Å². The molecule has 90 valence electrons. The van der Waals surface area contributed by atoms with Crippen molar-refractivity contribution in [1.82, 2.24) is 0 Å². The van der Waals surface area contributed by atoms with Crippen molar-refractivity contribution in [2.45, 2.75) is 32.2 Å². The van der Waals surface area contributed by atoms with Crippen LogP contribution in [0.3, 0.4) is 0 Å². The van der Waals surface area contributed by atoms with Crippen molar-refractivity contribution in [2.24, 2.45) is 11.0 Å². The number of methoxy groups -OCH3 is 1. The van der Waals surface area contributed by atoms with E-state index < -0.39 is 0 Å². The van der Waals surface area contributed by atoms with Crippen molar-refractivity contribution < 1.29 is 4.74 Å². The minimum absolute atomic E-state index is 0.0153. The average molecular weight is 231 g/mol. The van der Waals surface area contributed by atoms with E-state index in [1.54, 1.807) is 7.11 Å². The highest BCUT2D eigenvalue weighted by atomic mass is 16.5. The van der Waals surface area contributed by atoms with Crippen LogP contribution in [0.4, 0.5) is 0 Å². The summed E-state index contributed by atoms with van der Waals surface area (Å²) in [7, 11) is 1.72. The quantitative estimate of drug-likeness (QED) is 0.411. The van der Waals surface area contributed by atoms with Gasteiger partial charge in [-0.1, -0.05) is 24.2 Å². The highest BCUT2D eigenvalue weighted by molar-refractivity contribution is 5.48. The Balaban J connectivity index is 2.16. The first-order chi connectivity index (χ1) is 8.26. The van der Waals surface area contributed by atoms with E-state index in [1.165, 1.54) is 11.1 Å². The predicted molar refractivity (Wildman–Crippen MR) is 67.2 cm³/mol. The normalized spacial score (nSPS) is 23.9. The number of hydrogen-bond donors (Lipinski definition) is 0. The number of allylic oxidation sites excluding steroid dienone is 5. The molecule has 0 amide bonds. The molecule has 0 saturated heterocycles. The summed E-state index contributed by atoms with van der Waals surface area (Å²) < 4.78 is 5.44. The Morgan fingerprint density at radius 3 is 3.18 bits per heavy atom. The molecule has 2 aliphatic rings. The van der Waals surface area contributed by atoms with E-state index in [-0.39, 0.29) is 6.04 Å². The molecule has 17 heavy (non-hydrogen) atoms. The topological polar surface area (TPSA) is 58.0 Å². The molecule has 0 aromatic heterocycles. The van der Waals surface area contributed by atoms with E-state index in [9.17, 15) is 0 Å². The molecule has 0 aliphatic heterocycles. The number of hydrogen-bond acceptors (Lipinski definition) is 2. The van der Waals surface area contributed by atoms with Gasteiger partial charge in [0.25, 0.3) is 0 Å². The van der Waals surface area contributed by atoms with Crippen LogP contribution in [-0.4, -0.2) is 13.2 Å². The molecule has 1 unspecified atom stereocenters. The van der Waals surface area contributed by atoms with Crippen LogP contribution in [0.2, 0.25) is 0 Å². The molecule has 0 saturated carbocycles. The largest absolute Gasteiger partial charge is 0.497 e. The van der Waals surface area contributed by atoms with Crippen LogP contribution in [0.25, 0.3) is 10.4 Å². The Morgan fingerprint density at radius 2 is 2.47 bits per heavy atom. The second-order valence-electron chi connectivity index (χ2n) is 4.51. The van der Waals surface area contributed by atoms with Gasteiger partial charge < -0.3 is 4.74 Å². The molecular formula is C13H17N3O. The fourth-order valence-electron chi connectivity index (χ4n) is 2.58. The van der Waals surface area contributed by atoms with Crippen LogP contribution in [0.15, 0.2) is 40.2 Å². The van der Waals surface area contributed by atoms with Gasteiger partial charge in [0.15, 0.2) is 0 Å². The van der Waals surface area contributed by atoms with Gasteiger partial charge in [0.1, 0.15) is 5.76 Å².